The Balaban J connectivity index is 2.61. The van der Waals surface area contributed by atoms with Gasteiger partial charge in [0.2, 0.25) is 5.91 Å². The first-order valence-electron chi connectivity index (χ1n) is 12.0. The number of rotatable bonds is 4. The van der Waals surface area contributed by atoms with Gasteiger partial charge in [-0.2, -0.15) is 13.2 Å². The van der Waals surface area contributed by atoms with Crippen LogP contribution in [-0.4, -0.2) is 32.4 Å². The molecule has 0 saturated heterocycles. The highest BCUT2D eigenvalue weighted by molar-refractivity contribution is 6.12. The second-order valence-corrected chi connectivity index (χ2v) is 11.2. The van der Waals surface area contributed by atoms with Crippen molar-refractivity contribution in [1.82, 2.24) is 9.47 Å². The van der Waals surface area contributed by atoms with Crippen LogP contribution in [0.4, 0.5) is 19.0 Å². The van der Waals surface area contributed by atoms with Crippen LogP contribution in [0, 0.1) is 6.92 Å². The lowest BCUT2D eigenvalue weighted by Gasteiger charge is -2.33. The molecule has 1 N–H and O–H groups in total. The highest BCUT2D eigenvalue weighted by atomic mass is 19.4. The Hall–Kier alpha value is -3.55. The number of nitrogens with one attached hydrogen (secondary N) is 1. The quantitative estimate of drug-likeness (QED) is 0.394. The molecular weight excluding hydrogens is 479 g/mol. The van der Waals surface area contributed by atoms with Crippen molar-refractivity contribution in [2.45, 2.75) is 72.6 Å². The number of carbonyl (C=O) groups is 2. The molecule has 2 aromatic carbocycles. The standard InChI is InChI=1S/C29H34F3N3O2/c1-18-14-16-21(17-15-18)34-24(29(30,31)32)23(26(37)35(19(2)36)28(6,7)8)22(20-12-10-9-11-13-20)25(34)33-27(3,4)5/h9-17,33H,1-8H3. The summed E-state index contributed by atoms with van der Waals surface area (Å²) in [6.45, 7) is 13.4. The number of hydrogen-bond donors (Lipinski definition) is 1. The average molecular weight is 514 g/mol. The maximum absolute atomic E-state index is 15.0. The Kier molecular flexibility index (Phi) is 7.37. The van der Waals surface area contributed by atoms with Gasteiger partial charge in [0.05, 0.1) is 5.56 Å². The molecule has 1 heterocycles. The first-order chi connectivity index (χ1) is 16.9. The minimum Gasteiger partial charge on any atom is -0.366 e. The number of nitrogens with zero attached hydrogens (tertiary/aromatic N) is 2. The molecule has 3 rings (SSSR count). The van der Waals surface area contributed by atoms with Gasteiger partial charge in [0, 0.05) is 29.3 Å². The van der Waals surface area contributed by atoms with E-state index >= 15 is 13.2 Å². The van der Waals surface area contributed by atoms with E-state index in [2.05, 4.69) is 5.32 Å². The van der Waals surface area contributed by atoms with E-state index in [4.69, 9.17) is 0 Å². The Bertz CT molecular complexity index is 1290. The lowest BCUT2D eigenvalue weighted by Crippen LogP contribution is -2.49. The molecule has 8 heteroatoms. The van der Waals surface area contributed by atoms with Crippen LogP contribution < -0.4 is 5.32 Å². The Morgan fingerprint density at radius 3 is 1.84 bits per heavy atom. The van der Waals surface area contributed by atoms with E-state index in [1.165, 1.54) is 6.92 Å². The smallest absolute Gasteiger partial charge is 0.366 e. The third-order valence-electron chi connectivity index (χ3n) is 5.69. The van der Waals surface area contributed by atoms with E-state index < -0.39 is 40.3 Å². The van der Waals surface area contributed by atoms with Gasteiger partial charge in [-0.3, -0.25) is 19.1 Å². The van der Waals surface area contributed by atoms with E-state index in [9.17, 15) is 9.59 Å². The van der Waals surface area contributed by atoms with Gasteiger partial charge in [0.1, 0.15) is 11.5 Å². The van der Waals surface area contributed by atoms with Crippen LogP contribution in [0.15, 0.2) is 54.6 Å². The molecule has 198 valence electrons. The van der Waals surface area contributed by atoms with Crippen molar-refractivity contribution in [2.24, 2.45) is 0 Å². The molecule has 5 nitrogen and oxygen atoms in total. The third-order valence-corrected chi connectivity index (χ3v) is 5.69. The fourth-order valence-electron chi connectivity index (χ4n) is 4.39. The maximum Gasteiger partial charge on any atom is 0.432 e. The summed E-state index contributed by atoms with van der Waals surface area (Å²) in [4.78, 5) is 27.6. The summed E-state index contributed by atoms with van der Waals surface area (Å²) in [5.74, 6) is -1.53. The van der Waals surface area contributed by atoms with Crippen LogP contribution >= 0.6 is 0 Å². The van der Waals surface area contributed by atoms with Gasteiger partial charge in [-0.15, -0.1) is 0 Å². The summed E-state index contributed by atoms with van der Waals surface area (Å²) < 4.78 is 46.2. The molecular formula is C29H34F3N3O2. The van der Waals surface area contributed by atoms with Crippen LogP contribution in [0.5, 0.6) is 0 Å². The zero-order valence-corrected chi connectivity index (χ0v) is 22.5. The number of hydrogen-bond acceptors (Lipinski definition) is 3. The lowest BCUT2D eigenvalue weighted by atomic mass is 9.97. The van der Waals surface area contributed by atoms with E-state index in [1.54, 1.807) is 75.4 Å². The molecule has 0 fully saturated rings. The molecule has 0 atom stereocenters. The van der Waals surface area contributed by atoms with Gasteiger partial charge in [-0.05, 0) is 66.2 Å². The average Bonchev–Trinajstić information content (AvgIpc) is 3.07. The molecule has 37 heavy (non-hydrogen) atoms. The molecule has 0 unspecified atom stereocenters. The van der Waals surface area contributed by atoms with Crippen molar-refractivity contribution in [3.05, 3.63) is 71.4 Å². The predicted molar refractivity (Wildman–Crippen MR) is 141 cm³/mol. The minimum absolute atomic E-state index is 0.0870. The van der Waals surface area contributed by atoms with Crippen molar-refractivity contribution in [3.8, 4) is 16.8 Å². The Labute approximate surface area is 216 Å². The molecule has 0 radical (unpaired) electrons. The summed E-state index contributed by atoms with van der Waals surface area (Å²) in [6, 6.07) is 15.1. The van der Waals surface area contributed by atoms with Crippen LogP contribution in [-0.2, 0) is 11.0 Å². The fourth-order valence-corrected chi connectivity index (χ4v) is 4.39. The van der Waals surface area contributed by atoms with Gasteiger partial charge in [-0.1, -0.05) is 48.0 Å². The second-order valence-electron chi connectivity index (χ2n) is 11.2. The lowest BCUT2D eigenvalue weighted by molar-refractivity contribution is -0.143. The first-order valence-corrected chi connectivity index (χ1v) is 12.0. The number of anilines is 1. The van der Waals surface area contributed by atoms with Crippen LogP contribution in [0.3, 0.4) is 0 Å². The molecule has 0 aliphatic carbocycles. The summed E-state index contributed by atoms with van der Waals surface area (Å²) in [7, 11) is 0. The van der Waals surface area contributed by atoms with Gasteiger partial charge in [0.25, 0.3) is 5.91 Å². The summed E-state index contributed by atoms with van der Waals surface area (Å²) >= 11 is 0. The van der Waals surface area contributed by atoms with Crippen LogP contribution in [0.2, 0.25) is 0 Å². The van der Waals surface area contributed by atoms with Crippen molar-refractivity contribution >= 4 is 17.6 Å². The molecule has 0 saturated carbocycles. The van der Waals surface area contributed by atoms with Crippen molar-refractivity contribution in [3.63, 3.8) is 0 Å². The van der Waals surface area contributed by atoms with Crippen molar-refractivity contribution < 1.29 is 22.8 Å². The largest absolute Gasteiger partial charge is 0.432 e. The zero-order valence-electron chi connectivity index (χ0n) is 22.5. The molecule has 0 aliphatic rings. The molecule has 1 aromatic heterocycles. The topological polar surface area (TPSA) is 54.3 Å². The summed E-state index contributed by atoms with van der Waals surface area (Å²) in [5, 5.41) is 3.23. The summed E-state index contributed by atoms with van der Waals surface area (Å²) in [6.07, 6.45) is -4.92. The molecule has 0 aliphatic heterocycles. The second kappa shape index (κ2) is 9.72. The van der Waals surface area contributed by atoms with Crippen LogP contribution in [0.25, 0.3) is 16.8 Å². The van der Waals surface area contributed by atoms with Crippen LogP contribution in [0.1, 0.15) is 70.1 Å². The normalized spacial score (nSPS) is 12.4. The number of imide groups is 1. The van der Waals surface area contributed by atoms with E-state index in [1.807, 2.05) is 27.7 Å². The van der Waals surface area contributed by atoms with E-state index in [0.29, 0.717) is 5.56 Å². The molecule has 2 amide bonds. The monoisotopic (exact) mass is 513 g/mol. The molecule has 3 aromatic rings. The van der Waals surface area contributed by atoms with Gasteiger partial charge in [-0.25, -0.2) is 0 Å². The van der Waals surface area contributed by atoms with Crippen molar-refractivity contribution in [1.29, 1.82) is 0 Å². The van der Waals surface area contributed by atoms with E-state index in [0.717, 1.165) is 15.0 Å². The fraction of sp³-hybridized carbons (Fsp3) is 0.379. The number of carbonyl (C=O) groups excluding carboxylic acids is 2. The van der Waals surface area contributed by atoms with E-state index in [-0.39, 0.29) is 17.1 Å². The Morgan fingerprint density at radius 1 is 0.865 bits per heavy atom. The zero-order chi connectivity index (χ0) is 27.9. The predicted octanol–water partition coefficient (Wildman–Crippen LogP) is 7.47. The first kappa shape index (κ1) is 28.0. The number of amides is 2. The van der Waals surface area contributed by atoms with Gasteiger partial charge >= 0.3 is 6.18 Å². The number of halogens is 3. The maximum atomic E-state index is 15.0. The number of aryl methyl sites for hydroxylation is 1. The minimum atomic E-state index is -4.92. The van der Waals surface area contributed by atoms with Crippen molar-refractivity contribution in [2.75, 3.05) is 5.32 Å². The number of aromatic nitrogens is 1. The van der Waals surface area contributed by atoms with Gasteiger partial charge in [0.15, 0.2) is 0 Å². The molecule has 0 bridgehead atoms. The summed E-state index contributed by atoms with van der Waals surface area (Å²) in [5.41, 5.74) is -1.79. The van der Waals surface area contributed by atoms with Gasteiger partial charge < -0.3 is 5.32 Å². The highest BCUT2D eigenvalue weighted by Crippen LogP contribution is 2.47. The third kappa shape index (κ3) is 5.89. The SMILES string of the molecule is CC(=O)N(C(=O)c1c(-c2ccccc2)c(NC(C)(C)C)n(-c2ccc(C)cc2)c1C(F)(F)F)C(C)(C)C. The number of alkyl halides is 3. The molecule has 0 spiro atoms. The highest BCUT2D eigenvalue weighted by Gasteiger charge is 2.47. The Morgan fingerprint density at radius 2 is 1.41 bits per heavy atom. The number of benzene rings is 2.